The summed E-state index contributed by atoms with van der Waals surface area (Å²) in [5.74, 6) is 0.814. The lowest BCUT2D eigenvalue weighted by Crippen LogP contribution is -2.38. The van der Waals surface area contributed by atoms with Crippen LogP contribution in [0.1, 0.15) is 26.5 Å². The van der Waals surface area contributed by atoms with Gasteiger partial charge in [-0.15, -0.1) is 11.3 Å². The molecule has 0 bridgehead atoms. The Labute approximate surface area is 192 Å². The van der Waals surface area contributed by atoms with Crippen molar-refractivity contribution in [1.82, 2.24) is 19.3 Å². The van der Waals surface area contributed by atoms with E-state index in [0.29, 0.717) is 32.5 Å². The summed E-state index contributed by atoms with van der Waals surface area (Å²) in [4.78, 5) is 43.6. The number of aromatic nitrogens is 3. The van der Waals surface area contributed by atoms with Gasteiger partial charge in [0.25, 0.3) is 11.5 Å². The highest BCUT2D eigenvalue weighted by molar-refractivity contribution is 7.19. The molecule has 0 saturated heterocycles. The molecule has 0 saturated carbocycles. The van der Waals surface area contributed by atoms with Crippen LogP contribution >= 0.6 is 11.3 Å². The van der Waals surface area contributed by atoms with E-state index in [0.717, 1.165) is 21.5 Å². The summed E-state index contributed by atoms with van der Waals surface area (Å²) >= 11 is 1.10. The monoisotopic (exact) mass is 466 g/mol. The van der Waals surface area contributed by atoms with Gasteiger partial charge in [0.2, 0.25) is 0 Å². The lowest BCUT2D eigenvalue weighted by atomic mass is 10.2. The average Bonchev–Trinajstić information content (AvgIpc) is 3.30. The van der Waals surface area contributed by atoms with E-state index in [9.17, 15) is 14.4 Å². The van der Waals surface area contributed by atoms with Crippen LogP contribution < -0.4 is 26.0 Å². The van der Waals surface area contributed by atoms with Crippen molar-refractivity contribution in [3.63, 3.8) is 0 Å². The number of ether oxygens (including phenoxy) is 2. The summed E-state index contributed by atoms with van der Waals surface area (Å²) < 4.78 is 13.0. The van der Waals surface area contributed by atoms with Crippen LogP contribution in [0.5, 0.6) is 11.5 Å². The third kappa shape index (κ3) is 4.37. The zero-order chi connectivity index (χ0) is 23.5. The van der Waals surface area contributed by atoms with Gasteiger partial charge in [-0.1, -0.05) is 12.1 Å². The minimum Gasteiger partial charge on any atom is -0.493 e. The fourth-order valence-electron chi connectivity index (χ4n) is 3.42. The molecule has 0 aliphatic heterocycles. The number of fused-ring (bicyclic) bond motifs is 1. The van der Waals surface area contributed by atoms with Crippen molar-refractivity contribution in [2.24, 2.45) is 0 Å². The molecule has 10 heteroatoms. The van der Waals surface area contributed by atoms with Crippen LogP contribution in [0.4, 0.5) is 0 Å². The lowest BCUT2D eigenvalue weighted by molar-refractivity contribution is 0.0954. The Balaban J connectivity index is 1.61. The van der Waals surface area contributed by atoms with Gasteiger partial charge in [0.1, 0.15) is 9.71 Å². The average molecular weight is 467 g/mol. The van der Waals surface area contributed by atoms with Crippen molar-refractivity contribution < 1.29 is 14.3 Å². The Morgan fingerprint density at radius 3 is 2.61 bits per heavy atom. The first kappa shape index (κ1) is 22.3. The molecule has 0 spiro atoms. The highest BCUT2D eigenvalue weighted by atomic mass is 32.1. The molecule has 3 aromatic heterocycles. The maximum absolute atomic E-state index is 13.0. The van der Waals surface area contributed by atoms with Gasteiger partial charge in [-0.3, -0.25) is 23.5 Å². The summed E-state index contributed by atoms with van der Waals surface area (Å²) in [6.45, 7) is 1.96. The summed E-state index contributed by atoms with van der Waals surface area (Å²) in [7, 11) is 3.10. The van der Waals surface area contributed by atoms with Crippen molar-refractivity contribution >= 4 is 22.1 Å². The van der Waals surface area contributed by atoms with Gasteiger partial charge in [0.05, 0.1) is 26.5 Å². The zero-order valence-corrected chi connectivity index (χ0v) is 19.1. The van der Waals surface area contributed by atoms with Crippen LogP contribution in [-0.4, -0.2) is 34.1 Å². The number of benzene rings is 1. The fraction of sp³-hybridized carbons (Fsp3) is 0.217. The fourth-order valence-corrected chi connectivity index (χ4v) is 4.42. The molecular weight excluding hydrogens is 444 g/mol. The number of methoxy groups -OCH3 is 2. The quantitative estimate of drug-likeness (QED) is 0.448. The normalized spacial score (nSPS) is 10.9. The SMILES string of the molecule is COc1ccc(CNC(=O)c2cn3c(=O)n(Cc4ccccn4)c(=O)c(C)c3s2)cc1OC. The first-order valence-electron chi connectivity index (χ1n) is 10.1. The number of nitrogens with zero attached hydrogens (tertiary/aromatic N) is 3. The maximum Gasteiger partial charge on any atom is 0.336 e. The molecule has 1 amide bonds. The molecule has 0 aliphatic rings. The van der Waals surface area contributed by atoms with E-state index in [1.165, 1.54) is 10.6 Å². The molecule has 3 heterocycles. The summed E-state index contributed by atoms with van der Waals surface area (Å²) in [6, 6.07) is 10.7. The smallest absolute Gasteiger partial charge is 0.336 e. The van der Waals surface area contributed by atoms with Crippen molar-refractivity contribution in [2.45, 2.75) is 20.0 Å². The van der Waals surface area contributed by atoms with E-state index in [-0.39, 0.29) is 19.0 Å². The van der Waals surface area contributed by atoms with E-state index >= 15 is 0 Å². The molecule has 0 radical (unpaired) electrons. The van der Waals surface area contributed by atoms with E-state index in [2.05, 4.69) is 10.3 Å². The number of thiazole rings is 1. The molecule has 1 aromatic carbocycles. The molecule has 170 valence electrons. The van der Waals surface area contributed by atoms with Crippen molar-refractivity contribution in [1.29, 1.82) is 0 Å². The molecule has 1 N–H and O–H groups in total. The Bertz CT molecular complexity index is 1440. The number of rotatable bonds is 7. The van der Waals surface area contributed by atoms with Gasteiger partial charge in [-0.05, 0) is 36.8 Å². The summed E-state index contributed by atoms with van der Waals surface area (Å²) in [5, 5.41) is 2.84. The highest BCUT2D eigenvalue weighted by Gasteiger charge is 2.18. The summed E-state index contributed by atoms with van der Waals surface area (Å²) in [5.41, 5.74) is 0.908. The zero-order valence-electron chi connectivity index (χ0n) is 18.3. The molecule has 0 aliphatic carbocycles. The maximum atomic E-state index is 13.0. The van der Waals surface area contributed by atoms with Gasteiger partial charge in [-0.2, -0.15) is 0 Å². The molecule has 4 aromatic rings. The van der Waals surface area contributed by atoms with Gasteiger partial charge in [0.15, 0.2) is 11.5 Å². The Morgan fingerprint density at radius 1 is 1.12 bits per heavy atom. The number of amides is 1. The number of hydrogen-bond acceptors (Lipinski definition) is 7. The van der Waals surface area contributed by atoms with Crippen molar-refractivity contribution in [3.8, 4) is 11.5 Å². The second kappa shape index (κ2) is 9.29. The number of hydrogen-bond donors (Lipinski definition) is 1. The Kier molecular flexibility index (Phi) is 6.27. The van der Waals surface area contributed by atoms with Crippen LogP contribution in [-0.2, 0) is 13.1 Å². The van der Waals surface area contributed by atoms with E-state index in [1.54, 1.807) is 57.7 Å². The van der Waals surface area contributed by atoms with Crippen LogP contribution in [0, 0.1) is 6.92 Å². The first-order chi connectivity index (χ1) is 15.9. The molecule has 0 unspecified atom stereocenters. The van der Waals surface area contributed by atoms with Crippen LogP contribution in [0.2, 0.25) is 0 Å². The van der Waals surface area contributed by atoms with Gasteiger partial charge in [0, 0.05) is 24.5 Å². The van der Waals surface area contributed by atoms with Crippen LogP contribution in [0.15, 0.2) is 58.4 Å². The number of carbonyl (C=O) groups excluding carboxylic acids is 1. The molecular formula is C23H22N4O5S. The minimum absolute atomic E-state index is 0.0545. The summed E-state index contributed by atoms with van der Waals surface area (Å²) in [6.07, 6.45) is 3.07. The molecule has 33 heavy (non-hydrogen) atoms. The predicted octanol–water partition coefficient (Wildman–Crippen LogP) is 2.22. The van der Waals surface area contributed by atoms with Gasteiger partial charge < -0.3 is 14.8 Å². The van der Waals surface area contributed by atoms with Gasteiger partial charge in [-0.25, -0.2) is 4.79 Å². The van der Waals surface area contributed by atoms with Crippen molar-refractivity contribution in [2.75, 3.05) is 14.2 Å². The Hall–Kier alpha value is -3.92. The topological polar surface area (TPSA) is 104 Å². The van der Waals surface area contributed by atoms with Crippen LogP contribution in [0.25, 0.3) is 4.83 Å². The first-order valence-corrected chi connectivity index (χ1v) is 10.9. The van der Waals surface area contributed by atoms with E-state index in [1.807, 2.05) is 6.07 Å². The van der Waals surface area contributed by atoms with Crippen molar-refractivity contribution in [3.05, 3.63) is 91.3 Å². The molecule has 9 nitrogen and oxygen atoms in total. The molecule has 0 fully saturated rings. The second-order valence-corrected chi connectivity index (χ2v) is 8.29. The standard InChI is InChI=1S/C23H22N4O5S/c1-14-21(29)26(12-16-6-4-5-9-24-16)23(30)27-13-19(33-22(14)27)20(28)25-11-15-7-8-17(31-2)18(10-15)32-3/h4-10,13H,11-12H2,1-3H3,(H,25,28). The number of nitrogens with one attached hydrogen (secondary N) is 1. The predicted molar refractivity (Wildman–Crippen MR) is 125 cm³/mol. The highest BCUT2D eigenvalue weighted by Crippen LogP contribution is 2.27. The Morgan fingerprint density at radius 2 is 1.91 bits per heavy atom. The van der Waals surface area contributed by atoms with Gasteiger partial charge >= 0.3 is 5.69 Å². The van der Waals surface area contributed by atoms with E-state index < -0.39 is 11.2 Å². The van der Waals surface area contributed by atoms with E-state index in [4.69, 9.17) is 9.47 Å². The van der Waals surface area contributed by atoms with Crippen LogP contribution in [0.3, 0.4) is 0 Å². The number of carbonyl (C=O) groups is 1. The lowest BCUT2D eigenvalue weighted by Gasteiger charge is -2.10. The second-order valence-electron chi connectivity index (χ2n) is 7.26. The minimum atomic E-state index is -0.513. The number of aryl methyl sites for hydroxylation is 1. The third-order valence-electron chi connectivity index (χ3n) is 5.17. The largest absolute Gasteiger partial charge is 0.493 e. The number of pyridine rings is 1. The molecule has 0 atom stereocenters. The molecule has 4 rings (SSSR count). The third-order valence-corrected chi connectivity index (χ3v) is 6.37.